The second-order valence-corrected chi connectivity index (χ2v) is 10.2. The molecule has 6 nitrogen and oxygen atoms in total. The molecule has 0 spiro atoms. The van der Waals surface area contributed by atoms with E-state index in [1.807, 2.05) is 47.9 Å². The molecule has 0 radical (unpaired) electrons. The summed E-state index contributed by atoms with van der Waals surface area (Å²) in [4.78, 5) is 14.8. The van der Waals surface area contributed by atoms with Gasteiger partial charge in [-0.1, -0.05) is 61.2 Å². The number of rotatable bonds is 8. The fourth-order valence-electron chi connectivity index (χ4n) is 5.25. The van der Waals surface area contributed by atoms with E-state index in [1.54, 1.807) is 0 Å². The molecule has 0 unspecified atom stereocenters. The highest BCUT2D eigenvalue weighted by Gasteiger charge is 2.35. The van der Waals surface area contributed by atoms with Gasteiger partial charge in [-0.3, -0.25) is 4.79 Å². The van der Waals surface area contributed by atoms with E-state index in [4.69, 9.17) is 4.74 Å². The lowest BCUT2D eigenvalue weighted by Crippen LogP contribution is -2.37. The van der Waals surface area contributed by atoms with Gasteiger partial charge in [-0.05, 0) is 56.4 Å². The third-order valence-corrected chi connectivity index (χ3v) is 7.37. The zero-order chi connectivity index (χ0) is 23.9. The summed E-state index contributed by atoms with van der Waals surface area (Å²) in [5.74, 6) is 7.23. The normalized spacial score (nSPS) is 22.2. The monoisotopic (exact) mass is 462 g/mol. The number of carbonyl (C=O) groups is 1. The Labute approximate surface area is 204 Å². The van der Waals surface area contributed by atoms with Crippen molar-refractivity contribution in [2.45, 2.75) is 90.0 Å². The molecule has 2 fully saturated rings. The average Bonchev–Trinajstić information content (AvgIpc) is 3.61. The molecule has 182 valence electrons. The molecular weight excluding hydrogens is 424 g/mol. The Morgan fingerprint density at radius 3 is 2.71 bits per heavy atom. The fourth-order valence-corrected chi connectivity index (χ4v) is 5.25. The average molecular weight is 463 g/mol. The molecule has 1 aliphatic carbocycles. The first-order valence-electron chi connectivity index (χ1n) is 12.8. The number of benzene rings is 1. The van der Waals surface area contributed by atoms with E-state index in [2.05, 4.69) is 41.2 Å². The molecular formula is C28H38N4O2. The molecule has 4 atom stereocenters. The lowest BCUT2D eigenvalue weighted by Gasteiger charge is -2.26. The Bertz CT molecular complexity index is 987. The first-order valence-corrected chi connectivity index (χ1v) is 12.8. The van der Waals surface area contributed by atoms with Crippen LogP contribution >= 0.6 is 0 Å². The third kappa shape index (κ3) is 6.48. The highest BCUT2D eigenvalue weighted by atomic mass is 16.5. The van der Waals surface area contributed by atoms with Crippen molar-refractivity contribution in [1.29, 1.82) is 0 Å². The molecule has 1 saturated carbocycles. The standard InChI is InChI=1S/C28H38N4O2/c1-21(32-20-25(29-30-32)15-9-14-23-10-7-8-11-23)18-26-16-17-27(34-26)22(2)28(33)31(3)19-24-12-5-4-6-13-24/h4-6,12-13,20-23,26-27H,7-8,10-11,14,16-19H2,1-3H3/t21-,22-,26+,27-/m1/s1. The number of amides is 1. The minimum absolute atomic E-state index is 0.0318. The van der Waals surface area contributed by atoms with Gasteiger partial charge < -0.3 is 9.64 Å². The van der Waals surface area contributed by atoms with Crippen LogP contribution in [0, 0.1) is 23.7 Å². The van der Waals surface area contributed by atoms with Crippen molar-refractivity contribution in [3.8, 4) is 11.8 Å². The van der Waals surface area contributed by atoms with Crippen LogP contribution in [0.3, 0.4) is 0 Å². The maximum absolute atomic E-state index is 13.0. The summed E-state index contributed by atoms with van der Waals surface area (Å²) in [6.07, 6.45) is 11.1. The van der Waals surface area contributed by atoms with Gasteiger partial charge >= 0.3 is 0 Å². The number of hydrogen-bond donors (Lipinski definition) is 0. The summed E-state index contributed by atoms with van der Waals surface area (Å²) in [6.45, 7) is 4.76. The van der Waals surface area contributed by atoms with Crippen LogP contribution in [0.25, 0.3) is 0 Å². The van der Waals surface area contributed by atoms with Gasteiger partial charge in [0.15, 0.2) is 5.69 Å². The van der Waals surface area contributed by atoms with E-state index in [0.717, 1.165) is 42.9 Å². The maximum Gasteiger partial charge on any atom is 0.228 e. The molecule has 2 heterocycles. The van der Waals surface area contributed by atoms with Crippen molar-refractivity contribution in [3.63, 3.8) is 0 Å². The molecule has 1 saturated heterocycles. The van der Waals surface area contributed by atoms with E-state index < -0.39 is 0 Å². The molecule has 4 rings (SSSR count). The molecule has 0 N–H and O–H groups in total. The van der Waals surface area contributed by atoms with Gasteiger partial charge in [-0.2, -0.15) is 0 Å². The van der Waals surface area contributed by atoms with Crippen molar-refractivity contribution < 1.29 is 9.53 Å². The quantitative estimate of drug-likeness (QED) is 0.518. The van der Waals surface area contributed by atoms with Crippen LogP contribution in [0.4, 0.5) is 0 Å². The third-order valence-electron chi connectivity index (χ3n) is 7.37. The predicted octanol–water partition coefficient (Wildman–Crippen LogP) is 5.00. The summed E-state index contributed by atoms with van der Waals surface area (Å²) < 4.78 is 8.23. The van der Waals surface area contributed by atoms with Crippen LogP contribution in [0.2, 0.25) is 0 Å². The fraction of sp³-hybridized carbons (Fsp3) is 0.607. The second kappa shape index (κ2) is 11.7. The van der Waals surface area contributed by atoms with Crippen molar-refractivity contribution in [2.24, 2.45) is 11.8 Å². The Hall–Kier alpha value is -2.65. The Kier molecular flexibility index (Phi) is 8.39. The minimum Gasteiger partial charge on any atom is -0.374 e. The van der Waals surface area contributed by atoms with Crippen LogP contribution in [-0.4, -0.2) is 45.1 Å². The molecule has 1 aromatic carbocycles. The molecule has 2 aliphatic rings. The Morgan fingerprint density at radius 1 is 1.18 bits per heavy atom. The zero-order valence-electron chi connectivity index (χ0n) is 20.8. The van der Waals surface area contributed by atoms with Gasteiger partial charge in [0.2, 0.25) is 5.91 Å². The van der Waals surface area contributed by atoms with E-state index >= 15 is 0 Å². The minimum atomic E-state index is -0.151. The van der Waals surface area contributed by atoms with Gasteiger partial charge in [-0.25, -0.2) is 4.68 Å². The van der Waals surface area contributed by atoms with Gasteiger partial charge in [0.05, 0.1) is 30.4 Å². The lowest BCUT2D eigenvalue weighted by atomic mass is 9.99. The van der Waals surface area contributed by atoms with Crippen molar-refractivity contribution in [2.75, 3.05) is 7.05 Å². The summed E-state index contributed by atoms with van der Waals surface area (Å²) in [5, 5.41) is 8.55. The Morgan fingerprint density at radius 2 is 1.94 bits per heavy atom. The maximum atomic E-state index is 13.0. The summed E-state index contributed by atoms with van der Waals surface area (Å²) in [6, 6.07) is 10.3. The molecule has 1 aromatic heterocycles. The molecule has 2 aromatic rings. The topological polar surface area (TPSA) is 60.2 Å². The first-order chi connectivity index (χ1) is 16.5. The van der Waals surface area contributed by atoms with Crippen LogP contribution in [-0.2, 0) is 16.1 Å². The molecule has 34 heavy (non-hydrogen) atoms. The second-order valence-electron chi connectivity index (χ2n) is 10.2. The number of ether oxygens (including phenoxy) is 1. The van der Waals surface area contributed by atoms with E-state index in [-0.39, 0.29) is 30.1 Å². The summed E-state index contributed by atoms with van der Waals surface area (Å²) >= 11 is 0. The summed E-state index contributed by atoms with van der Waals surface area (Å²) in [5.41, 5.74) is 1.88. The van der Waals surface area contributed by atoms with Crippen LogP contribution in [0.15, 0.2) is 36.5 Å². The van der Waals surface area contributed by atoms with Gasteiger partial charge in [0, 0.05) is 20.0 Å². The highest BCUT2D eigenvalue weighted by Crippen LogP contribution is 2.31. The van der Waals surface area contributed by atoms with Crippen LogP contribution in [0.1, 0.15) is 82.5 Å². The van der Waals surface area contributed by atoms with Gasteiger partial charge in [0.1, 0.15) is 0 Å². The number of carbonyl (C=O) groups excluding carboxylic acids is 1. The molecule has 0 bridgehead atoms. The van der Waals surface area contributed by atoms with Crippen molar-refractivity contribution in [1.82, 2.24) is 19.9 Å². The highest BCUT2D eigenvalue weighted by molar-refractivity contribution is 5.78. The molecule has 1 aliphatic heterocycles. The number of hydrogen-bond acceptors (Lipinski definition) is 4. The lowest BCUT2D eigenvalue weighted by molar-refractivity contribution is -0.139. The van der Waals surface area contributed by atoms with E-state index in [1.165, 1.54) is 25.7 Å². The SMILES string of the molecule is C[C@H](C[C@@H]1CC[C@H]([C@@H](C)C(=O)N(C)Cc2ccccc2)O1)n1cc(C#CCC2CCCC2)nn1. The van der Waals surface area contributed by atoms with Crippen LogP contribution in [0.5, 0.6) is 0 Å². The largest absolute Gasteiger partial charge is 0.374 e. The van der Waals surface area contributed by atoms with Crippen LogP contribution < -0.4 is 0 Å². The van der Waals surface area contributed by atoms with Gasteiger partial charge in [0.25, 0.3) is 0 Å². The Balaban J connectivity index is 1.23. The predicted molar refractivity (Wildman–Crippen MR) is 133 cm³/mol. The summed E-state index contributed by atoms with van der Waals surface area (Å²) in [7, 11) is 1.87. The van der Waals surface area contributed by atoms with E-state index in [0.29, 0.717) is 6.54 Å². The van der Waals surface area contributed by atoms with Gasteiger partial charge in [-0.15, -0.1) is 5.10 Å². The van der Waals surface area contributed by atoms with Crippen molar-refractivity contribution >= 4 is 5.91 Å². The molecule has 1 amide bonds. The first kappa shape index (κ1) is 24.5. The smallest absolute Gasteiger partial charge is 0.228 e. The molecule has 6 heteroatoms. The van der Waals surface area contributed by atoms with E-state index in [9.17, 15) is 4.79 Å². The van der Waals surface area contributed by atoms with Crippen molar-refractivity contribution in [3.05, 3.63) is 47.8 Å². The number of nitrogens with zero attached hydrogens (tertiary/aromatic N) is 4. The zero-order valence-corrected chi connectivity index (χ0v) is 20.8. The number of aromatic nitrogens is 3.